The van der Waals surface area contributed by atoms with Crippen LogP contribution < -0.4 is 32.7 Å². The van der Waals surface area contributed by atoms with Crippen LogP contribution in [0.1, 0.15) is 52.0 Å². The molecule has 6 amide bonds. The van der Waals surface area contributed by atoms with Crippen molar-refractivity contribution in [3.05, 3.63) is 35.9 Å². The molecule has 1 aromatic carbocycles. The lowest BCUT2D eigenvalue weighted by Crippen LogP contribution is -2.60. The van der Waals surface area contributed by atoms with E-state index in [0.29, 0.717) is 24.8 Å². The van der Waals surface area contributed by atoms with Gasteiger partial charge in [-0.3, -0.25) is 28.8 Å². The van der Waals surface area contributed by atoms with Crippen LogP contribution in [0.2, 0.25) is 0 Å². The van der Waals surface area contributed by atoms with Gasteiger partial charge in [-0.25, -0.2) is 4.79 Å². The molecule has 15 heteroatoms. The Kier molecular flexibility index (Phi) is 13.7. The second-order valence-corrected chi connectivity index (χ2v) is 10.9. The third kappa shape index (κ3) is 10.3. The zero-order valence-electron chi connectivity index (χ0n) is 25.2. The molecule has 2 rings (SSSR count). The van der Waals surface area contributed by atoms with Crippen molar-refractivity contribution in [2.45, 2.75) is 83.1 Å². The van der Waals surface area contributed by atoms with Crippen LogP contribution in [-0.2, 0) is 40.0 Å². The summed E-state index contributed by atoms with van der Waals surface area (Å²) >= 11 is 0. The highest BCUT2D eigenvalue weighted by atomic mass is 16.4. The van der Waals surface area contributed by atoms with Crippen LogP contribution in [0.25, 0.3) is 0 Å². The van der Waals surface area contributed by atoms with Crippen molar-refractivity contribution in [3.63, 3.8) is 0 Å². The number of nitrogens with zero attached hydrogens (tertiary/aromatic N) is 1. The number of rotatable bonds is 16. The molecule has 0 spiro atoms. The van der Waals surface area contributed by atoms with Crippen molar-refractivity contribution in [2.24, 2.45) is 17.4 Å². The first-order chi connectivity index (χ1) is 20.8. The van der Waals surface area contributed by atoms with E-state index >= 15 is 0 Å². The number of carbonyl (C=O) groups excluding carboxylic acids is 6. The number of carbonyl (C=O) groups is 7. The van der Waals surface area contributed by atoms with Gasteiger partial charge < -0.3 is 42.7 Å². The van der Waals surface area contributed by atoms with Crippen molar-refractivity contribution < 1.29 is 38.7 Å². The predicted molar refractivity (Wildman–Crippen MR) is 158 cm³/mol. The molecule has 9 N–H and O–H groups in total. The maximum Gasteiger partial charge on any atom is 0.326 e. The van der Waals surface area contributed by atoms with Crippen LogP contribution in [0.4, 0.5) is 0 Å². The number of nitrogens with one attached hydrogen (secondary N) is 4. The van der Waals surface area contributed by atoms with Gasteiger partial charge in [0.1, 0.15) is 30.2 Å². The van der Waals surface area contributed by atoms with Crippen LogP contribution in [-0.4, -0.2) is 94.7 Å². The van der Waals surface area contributed by atoms with Crippen molar-refractivity contribution in [3.8, 4) is 0 Å². The van der Waals surface area contributed by atoms with E-state index in [1.807, 2.05) is 6.92 Å². The topological polar surface area (TPSA) is 243 Å². The summed E-state index contributed by atoms with van der Waals surface area (Å²) < 4.78 is 0. The SMILES string of the molecule is CC[C@H](C)[C@H](NC(=O)[C@H](Cc1ccccc1)NC(=O)[C@H](CC(N)=O)NC(=O)CN)C(=O)N[C@@H](C)C(=O)N1CCC[C@H]1C(=O)O. The van der Waals surface area contributed by atoms with E-state index in [1.54, 1.807) is 37.3 Å². The average molecular weight is 618 g/mol. The van der Waals surface area contributed by atoms with Crippen molar-refractivity contribution in [1.82, 2.24) is 26.2 Å². The molecule has 0 unspecified atom stereocenters. The third-order valence-corrected chi connectivity index (χ3v) is 7.50. The van der Waals surface area contributed by atoms with Gasteiger partial charge in [0, 0.05) is 13.0 Å². The lowest BCUT2D eigenvalue weighted by atomic mass is 9.96. The molecule has 6 atom stereocenters. The summed E-state index contributed by atoms with van der Waals surface area (Å²) in [5, 5.41) is 19.6. The number of carboxylic acids is 1. The largest absolute Gasteiger partial charge is 0.480 e. The van der Waals surface area contributed by atoms with Gasteiger partial charge in [-0.1, -0.05) is 50.6 Å². The molecule has 1 fully saturated rings. The standard InChI is InChI=1S/C29H43N7O8/c1-4-16(2)24(27(41)32-17(3)28(42)36-12-8-11-21(36)29(43)44)35-26(40)19(13-18-9-6-5-7-10-18)34-25(39)20(14-22(31)37)33-23(38)15-30/h5-7,9-10,16-17,19-21,24H,4,8,11-15,30H2,1-3H3,(H2,31,37)(H,32,41)(H,33,38)(H,34,39)(H,35,40)(H,43,44)/t16-,17-,19-,20-,21-,24-/m0/s1. The van der Waals surface area contributed by atoms with E-state index in [-0.39, 0.29) is 13.0 Å². The summed E-state index contributed by atoms with van der Waals surface area (Å²) in [6, 6.07) is 2.94. The number of hydrogen-bond donors (Lipinski definition) is 7. The Labute approximate surface area is 255 Å². The van der Waals surface area contributed by atoms with E-state index in [4.69, 9.17) is 11.5 Å². The van der Waals surface area contributed by atoms with Gasteiger partial charge in [0.2, 0.25) is 35.4 Å². The summed E-state index contributed by atoms with van der Waals surface area (Å²) in [4.78, 5) is 89.4. The zero-order valence-corrected chi connectivity index (χ0v) is 25.2. The van der Waals surface area contributed by atoms with Gasteiger partial charge in [0.25, 0.3) is 0 Å². The molecular formula is C29H43N7O8. The molecule has 44 heavy (non-hydrogen) atoms. The molecular weight excluding hydrogens is 574 g/mol. The highest BCUT2D eigenvalue weighted by Crippen LogP contribution is 2.19. The van der Waals surface area contributed by atoms with E-state index in [2.05, 4.69) is 21.3 Å². The molecule has 1 heterocycles. The van der Waals surface area contributed by atoms with E-state index in [1.165, 1.54) is 11.8 Å². The number of carboxylic acid groups (broad SMARTS) is 1. The number of likely N-dealkylation sites (tertiary alicyclic amines) is 1. The Bertz CT molecular complexity index is 1210. The fourth-order valence-corrected chi connectivity index (χ4v) is 4.85. The van der Waals surface area contributed by atoms with Crippen LogP contribution in [0.5, 0.6) is 0 Å². The molecule has 0 saturated carbocycles. The van der Waals surface area contributed by atoms with Gasteiger partial charge in [0.15, 0.2) is 0 Å². The van der Waals surface area contributed by atoms with Crippen LogP contribution in [0.15, 0.2) is 30.3 Å². The lowest BCUT2D eigenvalue weighted by Gasteiger charge is -2.30. The first kappa shape index (κ1) is 35.7. The number of primary amides is 1. The Balaban J connectivity index is 2.26. The Morgan fingerprint density at radius 2 is 1.57 bits per heavy atom. The summed E-state index contributed by atoms with van der Waals surface area (Å²) in [7, 11) is 0. The third-order valence-electron chi connectivity index (χ3n) is 7.50. The lowest BCUT2D eigenvalue weighted by molar-refractivity contribution is -0.149. The minimum absolute atomic E-state index is 0.00180. The molecule has 1 aromatic rings. The maximum atomic E-state index is 13.6. The molecule has 15 nitrogen and oxygen atoms in total. The second-order valence-electron chi connectivity index (χ2n) is 10.9. The smallest absolute Gasteiger partial charge is 0.326 e. The van der Waals surface area contributed by atoms with Crippen LogP contribution in [0, 0.1) is 5.92 Å². The molecule has 0 bridgehead atoms. The minimum Gasteiger partial charge on any atom is -0.480 e. The Morgan fingerprint density at radius 3 is 2.14 bits per heavy atom. The molecule has 1 aliphatic heterocycles. The summed E-state index contributed by atoms with van der Waals surface area (Å²) in [5.41, 5.74) is 11.3. The van der Waals surface area contributed by atoms with Crippen molar-refractivity contribution >= 4 is 41.4 Å². The van der Waals surface area contributed by atoms with Crippen molar-refractivity contribution in [2.75, 3.05) is 13.1 Å². The number of benzene rings is 1. The minimum atomic E-state index is -1.39. The predicted octanol–water partition coefficient (Wildman–Crippen LogP) is -1.86. The molecule has 1 saturated heterocycles. The zero-order chi connectivity index (χ0) is 33.0. The van der Waals surface area contributed by atoms with Gasteiger partial charge in [-0.05, 0) is 31.2 Å². The Hall–Kier alpha value is -4.53. The first-order valence-corrected chi connectivity index (χ1v) is 14.5. The summed E-state index contributed by atoms with van der Waals surface area (Å²) in [6.45, 7) is 4.79. The van der Waals surface area contributed by atoms with Gasteiger partial charge in [0.05, 0.1) is 13.0 Å². The molecule has 0 aliphatic carbocycles. The highest BCUT2D eigenvalue weighted by Gasteiger charge is 2.38. The number of amides is 6. The van der Waals surface area contributed by atoms with E-state index in [0.717, 1.165) is 0 Å². The van der Waals surface area contributed by atoms with Crippen LogP contribution in [0.3, 0.4) is 0 Å². The quantitative estimate of drug-likeness (QED) is 0.110. The van der Waals surface area contributed by atoms with E-state index < -0.39 is 90.5 Å². The monoisotopic (exact) mass is 617 g/mol. The van der Waals surface area contributed by atoms with Gasteiger partial charge in [-0.15, -0.1) is 0 Å². The number of nitrogens with two attached hydrogens (primary N) is 2. The van der Waals surface area contributed by atoms with Gasteiger partial charge >= 0.3 is 5.97 Å². The molecule has 242 valence electrons. The molecule has 1 aliphatic rings. The van der Waals surface area contributed by atoms with Gasteiger partial charge in [-0.2, -0.15) is 0 Å². The molecule has 0 aromatic heterocycles. The first-order valence-electron chi connectivity index (χ1n) is 14.5. The highest BCUT2D eigenvalue weighted by molar-refractivity contribution is 5.97. The second kappa shape index (κ2) is 16.9. The fourth-order valence-electron chi connectivity index (χ4n) is 4.85. The maximum absolute atomic E-state index is 13.6. The van der Waals surface area contributed by atoms with Crippen LogP contribution >= 0.6 is 0 Å². The normalized spacial score (nSPS) is 17.7. The summed E-state index contributed by atoms with van der Waals surface area (Å²) in [5.74, 6) is -5.90. The van der Waals surface area contributed by atoms with E-state index in [9.17, 15) is 38.7 Å². The number of hydrogen-bond acceptors (Lipinski definition) is 8. The number of aliphatic carboxylic acids is 1. The average Bonchev–Trinajstić information content (AvgIpc) is 3.49. The Morgan fingerprint density at radius 1 is 0.932 bits per heavy atom. The van der Waals surface area contributed by atoms with Crippen molar-refractivity contribution in [1.29, 1.82) is 0 Å². The summed E-state index contributed by atoms with van der Waals surface area (Å²) in [6.07, 6.45) is 0.774. The fraction of sp³-hybridized carbons (Fsp3) is 0.552. The molecule has 0 radical (unpaired) electrons.